The molecule has 2 rings (SSSR count). The summed E-state index contributed by atoms with van der Waals surface area (Å²) in [5, 5.41) is 3.44. The van der Waals surface area contributed by atoms with E-state index in [9.17, 15) is 4.79 Å². The molecule has 1 aliphatic rings. The lowest BCUT2D eigenvalue weighted by Gasteiger charge is -2.22. The van der Waals surface area contributed by atoms with Gasteiger partial charge in [0.2, 0.25) is 5.91 Å². The van der Waals surface area contributed by atoms with Gasteiger partial charge in [0.25, 0.3) is 0 Å². The number of carbonyl (C=O) groups is 1. The van der Waals surface area contributed by atoms with Crippen LogP contribution in [0.5, 0.6) is 0 Å². The Morgan fingerprint density at radius 2 is 2.10 bits per heavy atom. The predicted octanol–water partition coefficient (Wildman–Crippen LogP) is 1.33. The van der Waals surface area contributed by atoms with Gasteiger partial charge in [-0.25, -0.2) is 0 Å². The van der Waals surface area contributed by atoms with Crippen molar-refractivity contribution in [3.8, 4) is 0 Å². The van der Waals surface area contributed by atoms with Crippen molar-refractivity contribution in [3.63, 3.8) is 0 Å². The summed E-state index contributed by atoms with van der Waals surface area (Å²) < 4.78 is 0. The first-order chi connectivity index (χ1) is 9.56. The molecule has 4 nitrogen and oxygen atoms in total. The molecule has 0 aromatic heterocycles. The third kappa shape index (κ3) is 4.05. The molecular formula is C16H25N3O. The maximum atomic E-state index is 11.9. The Kier molecular flexibility index (Phi) is 5.15. The molecule has 1 heterocycles. The molecular weight excluding hydrogens is 250 g/mol. The van der Waals surface area contributed by atoms with Gasteiger partial charge in [0, 0.05) is 39.8 Å². The van der Waals surface area contributed by atoms with Crippen molar-refractivity contribution in [1.82, 2.24) is 15.1 Å². The molecule has 1 aromatic carbocycles. The van der Waals surface area contributed by atoms with Gasteiger partial charge in [-0.05, 0) is 18.9 Å². The Hall–Kier alpha value is -1.39. The van der Waals surface area contributed by atoms with E-state index in [0.29, 0.717) is 6.04 Å². The molecule has 4 heteroatoms. The second-order valence-electron chi connectivity index (χ2n) is 5.83. The lowest BCUT2D eigenvalue weighted by Crippen LogP contribution is -2.46. The normalized spacial score (nSPS) is 20.9. The van der Waals surface area contributed by atoms with E-state index in [-0.39, 0.29) is 11.9 Å². The van der Waals surface area contributed by atoms with Gasteiger partial charge in [0.1, 0.15) is 0 Å². The van der Waals surface area contributed by atoms with Crippen LogP contribution in [-0.2, 0) is 11.3 Å². The van der Waals surface area contributed by atoms with Gasteiger partial charge in [0.15, 0.2) is 0 Å². The lowest BCUT2D eigenvalue weighted by molar-refractivity contribution is -0.130. The average Bonchev–Trinajstić information content (AvgIpc) is 2.86. The Morgan fingerprint density at radius 3 is 2.75 bits per heavy atom. The topological polar surface area (TPSA) is 35.6 Å². The zero-order chi connectivity index (χ0) is 14.5. The third-order valence-corrected chi connectivity index (χ3v) is 3.82. The van der Waals surface area contributed by atoms with Crippen LogP contribution in [0.25, 0.3) is 0 Å². The van der Waals surface area contributed by atoms with Gasteiger partial charge in [0.05, 0.1) is 6.04 Å². The fraction of sp³-hybridized carbons (Fsp3) is 0.562. The second-order valence-corrected chi connectivity index (χ2v) is 5.83. The zero-order valence-electron chi connectivity index (χ0n) is 12.7. The van der Waals surface area contributed by atoms with Crippen LogP contribution in [-0.4, -0.2) is 55.0 Å². The number of nitrogens with zero attached hydrogens (tertiary/aromatic N) is 2. The van der Waals surface area contributed by atoms with Crippen molar-refractivity contribution in [2.24, 2.45) is 0 Å². The number of likely N-dealkylation sites (tertiary alicyclic amines) is 1. The van der Waals surface area contributed by atoms with E-state index in [1.54, 1.807) is 19.0 Å². The van der Waals surface area contributed by atoms with Crippen LogP contribution in [0.3, 0.4) is 0 Å². The van der Waals surface area contributed by atoms with Crippen LogP contribution >= 0.6 is 0 Å². The van der Waals surface area contributed by atoms with Gasteiger partial charge in [-0.2, -0.15) is 0 Å². The van der Waals surface area contributed by atoms with Crippen molar-refractivity contribution in [3.05, 3.63) is 35.9 Å². The molecule has 1 aliphatic heterocycles. The highest BCUT2D eigenvalue weighted by molar-refractivity contribution is 5.80. The van der Waals surface area contributed by atoms with E-state index in [1.165, 1.54) is 5.56 Å². The zero-order valence-corrected chi connectivity index (χ0v) is 12.7. The van der Waals surface area contributed by atoms with E-state index < -0.39 is 0 Å². The SMILES string of the molecule is CC(NC1CCN(Cc2ccccc2)C1)C(=O)N(C)C. The van der Waals surface area contributed by atoms with Crippen LogP contribution in [0.1, 0.15) is 18.9 Å². The standard InChI is InChI=1S/C16H25N3O/c1-13(16(20)18(2)3)17-15-9-10-19(12-15)11-14-7-5-4-6-8-14/h4-8,13,15,17H,9-12H2,1-3H3. The molecule has 1 amide bonds. The van der Waals surface area contributed by atoms with E-state index >= 15 is 0 Å². The van der Waals surface area contributed by atoms with Gasteiger partial charge in [-0.3, -0.25) is 9.69 Å². The number of nitrogens with one attached hydrogen (secondary N) is 1. The number of hydrogen-bond donors (Lipinski definition) is 1. The van der Waals surface area contributed by atoms with E-state index in [4.69, 9.17) is 0 Å². The summed E-state index contributed by atoms with van der Waals surface area (Å²) in [7, 11) is 3.60. The first-order valence-electron chi connectivity index (χ1n) is 7.29. The Balaban J connectivity index is 1.79. The lowest BCUT2D eigenvalue weighted by atomic mass is 10.2. The molecule has 2 atom stereocenters. The predicted molar refractivity (Wildman–Crippen MR) is 81.4 cm³/mol. The Morgan fingerprint density at radius 1 is 1.40 bits per heavy atom. The Bertz CT molecular complexity index is 433. The molecule has 1 N–H and O–H groups in total. The van der Waals surface area contributed by atoms with Crippen molar-refractivity contribution in [1.29, 1.82) is 0 Å². The number of rotatable bonds is 5. The minimum atomic E-state index is -0.105. The molecule has 0 radical (unpaired) electrons. The number of benzene rings is 1. The van der Waals surface area contributed by atoms with Crippen molar-refractivity contribution in [2.75, 3.05) is 27.2 Å². The maximum Gasteiger partial charge on any atom is 0.238 e. The third-order valence-electron chi connectivity index (χ3n) is 3.82. The molecule has 20 heavy (non-hydrogen) atoms. The first kappa shape index (κ1) is 15.0. The van der Waals surface area contributed by atoms with Crippen LogP contribution < -0.4 is 5.32 Å². The summed E-state index contributed by atoms with van der Waals surface area (Å²) in [6.45, 7) is 5.05. The smallest absolute Gasteiger partial charge is 0.238 e. The van der Waals surface area contributed by atoms with Crippen molar-refractivity contribution in [2.45, 2.75) is 32.0 Å². The van der Waals surface area contributed by atoms with Gasteiger partial charge < -0.3 is 10.2 Å². The molecule has 1 aromatic rings. The van der Waals surface area contributed by atoms with Crippen LogP contribution in [0, 0.1) is 0 Å². The van der Waals surface area contributed by atoms with Crippen LogP contribution in [0.2, 0.25) is 0 Å². The summed E-state index contributed by atoms with van der Waals surface area (Å²) in [5.41, 5.74) is 1.35. The largest absolute Gasteiger partial charge is 0.347 e. The number of amides is 1. The van der Waals surface area contributed by atoms with E-state index in [2.05, 4.69) is 34.5 Å². The molecule has 1 fully saturated rings. The Labute approximate surface area is 121 Å². The number of likely N-dealkylation sites (N-methyl/N-ethyl adjacent to an activating group) is 1. The summed E-state index contributed by atoms with van der Waals surface area (Å²) in [6.07, 6.45) is 1.11. The first-order valence-corrected chi connectivity index (χ1v) is 7.29. The highest BCUT2D eigenvalue weighted by Gasteiger charge is 2.25. The number of hydrogen-bond acceptors (Lipinski definition) is 3. The molecule has 0 spiro atoms. The van der Waals surface area contributed by atoms with Crippen LogP contribution in [0.4, 0.5) is 0 Å². The van der Waals surface area contributed by atoms with Gasteiger partial charge in [-0.15, -0.1) is 0 Å². The summed E-state index contributed by atoms with van der Waals surface area (Å²) in [5.74, 6) is 0.145. The molecule has 110 valence electrons. The van der Waals surface area contributed by atoms with E-state index in [1.807, 2.05) is 13.0 Å². The molecule has 2 unspecified atom stereocenters. The molecule has 0 saturated carbocycles. The summed E-state index contributed by atoms with van der Waals surface area (Å²) in [6, 6.07) is 10.9. The summed E-state index contributed by atoms with van der Waals surface area (Å²) in [4.78, 5) is 15.9. The summed E-state index contributed by atoms with van der Waals surface area (Å²) >= 11 is 0. The van der Waals surface area contributed by atoms with Crippen LogP contribution in [0.15, 0.2) is 30.3 Å². The molecule has 1 saturated heterocycles. The fourth-order valence-electron chi connectivity index (χ4n) is 2.77. The number of carbonyl (C=O) groups excluding carboxylic acids is 1. The van der Waals surface area contributed by atoms with Crippen molar-refractivity contribution >= 4 is 5.91 Å². The maximum absolute atomic E-state index is 11.9. The van der Waals surface area contributed by atoms with E-state index in [0.717, 1.165) is 26.1 Å². The highest BCUT2D eigenvalue weighted by atomic mass is 16.2. The molecule has 0 aliphatic carbocycles. The quantitative estimate of drug-likeness (QED) is 0.880. The average molecular weight is 275 g/mol. The van der Waals surface area contributed by atoms with Crippen molar-refractivity contribution < 1.29 is 4.79 Å². The monoisotopic (exact) mass is 275 g/mol. The highest BCUT2D eigenvalue weighted by Crippen LogP contribution is 2.14. The van der Waals surface area contributed by atoms with Gasteiger partial charge >= 0.3 is 0 Å². The minimum Gasteiger partial charge on any atom is -0.347 e. The molecule has 0 bridgehead atoms. The fourth-order valence-corrected chi connectivity index (χ4v) is 2.77. The minimum absolute atomic E-state index is 0.105. The van der Waals surface area contributed by atoms with Gasteiger partial charge in [-0.1, -0.05) is 30.3 Å². The second kappa shape index (κ2) is 6.86.